The van der Waals surface area contributed by atoms with Crippen molar-refractivity contribution in [3.05, 3.63) is 171 Å². The summed E-state index contributed by atoms with van der Waals surface area (Å²) >= 11 is 23.7. The lowest BCUT2D eigenvalue weighted by Crippen LogP contribution is -1.95. The highest BCUT2D eigenvalue weighted by Gasteiger charge is 2.27. The van der Waals surface area contributed by atoms with Crippen LogP contribution in [0.25, 0.3) is 87.8 Å². The molecule has 0 atom stereocenters. The highest BCUT2D eigenvalue weighted by atomic mass is 32.1. The number of rotatable bonds is 29. The minimum absolute atomic E-state index is 1.20. The van der Waals surface area contributed by atoms with Gasteiger partial charge in [0.2, 0.25) is 0 Å². The van der Waals surface area contributed by atoms with E-state index in [0.29, 0.717) is 0 Å². The molecule has 0 N–H and O–H groups in total. The molecule has 0 aliphatic carbocycles. The van der Waals surface area contributed by atoms with Crippen molar-refractivity contribution in [3.8, 4) is 87.8 Å². The summed E-state index contributed by atoms with van der Waals surface area (Å²) in [6.07, 6.45) is 25.8. The second-order valence-corrected chi connectivity index (χ2v) is 39.6. The van der Waals surface area contributed by atoms with Crippen LogP contribution in [0.2, 0.25) is 0 Å². The molecule has 12 rings (SSSR count). The average molecular weight is 1470 g/mol. The molecular weight excluding hydrogens is 1370 g/mol. The van der Waals surface area contributed by atoms with Crippen LogP contribution < -0.4 is 0 Å². The number of aryl methyl sites for hydroxylation is 10. The zero-order valence-electron chi connectivity index (χ0n) is 58.3. The Hall–Kier alpha value is -3.60. The van der Waals surface area contributed by atoms with Crippen LogP contribution in [0, 0.1) is 69.2 Å². The standard InChI is InChI=1S/C40H46S6.C36H44S5.C6H8S/c1-7-9-11-13-15-29-30(16-14-12-10-8-2)40(46-39(29)35-23-25(3)37(44-35)33-20-18-28(6)42-33)36-24-26(4)38(45-36)34-22-21-32(43-34)31-19-17-27(5)41-31;1-7-9-11-13-15-27-28(16-14-12-10-8-2)36(32-22-24(4)34(40-32)30-20-18-26(6)38-30)41-35(27)31-21-23(3)33(39-31)29-19-17-25(5)37-29;1-5-3-4-6(2)7-5/h17-24H,7-16H2,1-6H3;17-22H,7-16H2,1-6H3;3-4H,1-2H3. The summed E-state index contributed by atoms with van der Waals surface area (Å²) in [5, 5.41) is 0. The third kappa shape index (κ3) is 18.6. The molecule has 498 valence electrons. The predicted octanol–water partition coefficient (Wildman–Crippen LogP) is 32.4. The van der Waals surface area contributed by atoms with Crippen LogP contribution in [-0.2, 0) is 25.7 Å². The van der Waals surface area contributed by atoms with Gasteiger partial charge in [-0.15, -0.1) is 136 Å². The van der Waals surface area contributed by atoms with Crippen molar-refractivity contribution < 1.29 is 0 Å². The highest BCUT2D eigenvalue weighted by Crippen LogP contribution is 2.54. The molecule has 94 heavy (non-hydrogen) atoms. The number of hydrogen-bond acceptors (Lipinski definition) is 12. The Balaban J connectivity index is 0.000000187. The van der Waals surface area contributed by atoms with E-state index in [1.807, 2.05) is 113 Å². The summed E-state index contributed by atoms with van der Waals surface area (Å²) in [6, 6.07) is 37.2. The summed E-state index contributed by atoms with van der Waals surface area (Å²) in [7, 11) is 0. The smallest absolute Gasteiger partial charge is 0.0484 e. The second-order valence-electron chi connectivity index (χ2n) is 25.6. The van der Waals surface area contributed by atoms with Gasteiger partial charge >= 0.3 is 0 Å². The first kappa shape index (κ1) is 73.1. The molecule has 12 heterocycles. The molecule has 0 nitrogen and oxygen atoms in total. The summed E-state index contributed by atoms with van der Waals surface area (Å²) in [6.45, 7) is 31.7. The Morgan fingerprint density at radius 1 is 0.191 bits per heavy atom. The monoisotopic (exact) mass is 1470 g/mol. The summed E-state index contributed by atoms with van der Waals surface area (Å²) < 4.78 is 0. The van der Waals surface area contributed by atoms with Crippen molar-refractivity contribution in [2.24, 2.45) is 0 Å². The summed E-state index contributed by atoms with van der Waals surface area (Å²) in [5.41, 5.74) is 12.3. The molecule has 0 unspecified atom stereocenters. The molecule has 12 aromatic heterocycles. The van der Waals surface area contributed by atoms with E-state index in [1.54, 1.807) is 41.8 Å². The minimum atomic E-state index is 1.20. The normalized spacial score (nSPS) is 11.5. The van der Waals surface area contributed by atoms with E-state index in [4.69, 9.17) is 0 Å². The van der Waals surface area contributed by atoms with Crippen molar-refractivity contribution in [1.82, 2.24) is 0 Å². The number of unbranched alkanes of at least 4 members (excludes halogenated alkanes) is 12. The molecule has 0 aromatic carbocycles. The minimum Gasteiger partial charge on any atom is -0.146 e. The van der Waals surface area contributed by atoms with Gasteiger partial charge in [-0.25, -0.2) is 0 Å². The van der Waals surface area contributed by atoms with Crippen LogP contribution in [0.4, 0.5) is 0 Å². The van der Waals surface area contributed by atoms with Crippen LogP contribution in [-0.4, -0.2) is 0 Å². The molecule has 0 radical (unpaired) electrons. The fourth-order valence-electron chi connectivity index (χ4n) is 12.5. The fraction of sp³-hybridized carbons (Fsp3) is 0.415. The zero-order chi connectivity index (χ0) is 66.4. The van der Waals surface area contributed by atoms with E-state index in [1.165, 1.54) is 248 Å². The first-order valence-corrected chi connectivity index (χ1v) is 44.5. The Kier molecular flexibility index (Phi) is 27.6. The van der Waals surface area contributed by atoms with Crippen molar-refractivity contribution in [2.45, 2.75) is 225 Å². The number of thiophene rings is 12. The van der Waals surface area contributed by atoms with Crippen LogP contribution >= 0.6 is 136 Å². The molecule has 0 aliphatic heterocycles. The average Bonchev–Trinajstić information content (AvgIpc) is 1.62. The first-order chi connectivity index (χ1) is 45.5. The van der Waals surface area contributed by atoms with Gasteiger partial charge in [0.15, 0.2) is 0 Å². The lowest BCUT2D eigenvalue weighted by Gasteiger charge is -2.09. The SMILES string of the molecule is CCCCCCc1c(-c2cc(C)c(-c3ccc(C)s3)s2)sc(-c2cc(C)c(-c3ccc(-c4ccc(C)s4)s3)s2)c1CCCCCC.CCCCCCc1c(-c2cc(C)c(-c3ccc(C)s3)s2)sc(-c2cc(C)c(-c3ccc(C)s3)s2)c1CCCCCC.Cc1ccc(C)s1. The first-order valence-electron chi connectivity index (χ1n) is 34.7. The van der Waals surface area contributed by atoms with Crippen LogP contribution in [0.3, 0.4) is 0 Å². The Labute approximate surface area is 613 Å². The zero-order valence-corrected chi connectivity index (χ0v) is 68.1. The van der Waals surface area contributed by atoms with Crippen molar-refractivity contribution in [3.63, 3.8) is 0 Å². The molecule has 0 spiro atoms. The van der Waals surface area contributed by atoms with Gasteiger partial charge in [0.05, 0.1) is 0 Å². The van der Waals surface area contributed by atoms with Crippen LogP contribution in [0.5, 0.6) is 0 Å². The van der Waals surface area contributed by atoms with Crippen molar-refractivity contribution in [2.75, 3.05) is 0 Å². The lowest BCUT2D eigenvalue weighted by atomic mass is 9.96. The quantitative estimate of drug-likeness (QED) is 0.0410. The molecule has 0 saturated heterocycles. The van der Waals surface area contributed by atoms with Gasteiger partial charge in [-0.05, 0) is 262 Å². The molecule has 0 bridgehead atoms. The van der Waals surface area contributed by atoms with Gasteiger partial charge in [-0.1, -0.05) is 105 Å². The van der Waals surface area contributed by atoms with Crippen LogP contribution in [0.1, 0.15) is 204 Å². The van der Waals surface area contributed by atoms with Gasteiger partial charge in [-0.3, -0.25) is 0 Å². The number of hydrogen-bond donors (Lipinski definition) is 0. The van der Waals surface area contributed by atoms with E-state index >= 15 is 0 Å². The largest absolute Gasteiger partial charge is 0.146 e. The molecule has 0 aliphatic rings. The molecule has 0 fully saturated rings. The summed E-state index contributed by atoms with van der Waals surface area (Å²) in [5.74, 6) is 0. The fourth-order valence-corrected chi connectivity index (χ4v) is 26.6. The molecule has 0 amide bonds. The molecule has 12 heteroatoms. The second kappa shape index (κ2) is 35.4. The van der Waals surface area contributed by atoms with Gasteiger partial charge in [0.25, 0.3) is 0 Å². The van der Waals surface area contributed by atoms with Crippen molar-refractivity contribution in [1.29, 1.82) is 0 Å². The maximum atomic E-state index is 2.50. The Morgan fingerprint density at radius 2 is 0.415 bits per heavy atom. The van der Waals surface area contributed by atoms with E-state index in [0.717, 1.165) is 0 Å². The van der Waals surface area contributed by atoms with Crippen molar-refractivity contribution >= 4 is 136 Å². The molecule has 12 aromatic rings. The van der Waals surface area contributed by atoms with E-state index in [2.05, 4.69) is 217 Å². The molecular formula is C82H98S12. The Morgan fingerprint density at radius 3 is 0.660 bits per heavy atom. The predicted molar refractivity (Wildman–Crippen MR) is 442 cm³/mol. The van der Waals surface area contributed by atoms with E-state index in [9.17, 15) is 0 Å². The van der Waals surface area contributed by atoms with Gasteiger partial charge in [0.1, 0.15) is 0 Å². The third-order valence-corrected chi connectivity index (χ3v) is 32.6. The highest BCUT2D eigenvalue weighted by molar-refractivity contribution is 7.32. The van der Waals surface area contributed by atoms with E-state index in [-0.39, 0.29) is 0 Å². The van der Waals surface area contributed by atoms with Crippen LogP contribution in [0.15, 0.2) is 97.1 Å². The van der Waals surface area contributed by atoms with E-state index < -0.39 is 0 Å². The maximum absolute atomic E-state index is 2.50. The topological polar surface area (TPSA) is 0 Å². The van der Waals surface area contributed by atoms with Gasteiger partial charge < -0.3 is 0 Å². The van der Waals surface area contributed by atoms with Gasteiger partial charge in [0, 0.05) is 117 Å². The molecule has 0 saturated carbocycles. The Bertz CT molecular complexity index is 4170. The van der Waals surface area contributed by atoms with Gasteiger partial charge in [-0.2, -0.15) is 0 Å². The maximum Gasteiger partial charge on any atom is 0.0484 e. The summed E-state index contributed by atoms with van der Waals surface area (Å²) in [4.78, 5) is 34.7. The third-order valence-electron chi connectivity index (χ3n) is 17.5. The lowest BCUT2D eigenvalue weighted by molar-refractivity contribution is 0.653.